The number of amides is 1. The fraction of sp³-hybridized carbons (Fsp3) is 0.917. The average Bonchev–Trinajstić information content (AvgIpc) is 2.19. The molecule has 1 aliphatic heterocycles. The van der Waals surface area contributed by atoms with Gasteiger partial charge in [-0.3, -0.25) is 4.79 Å². The summed E-state index contributed by atoms with van der Waals surface area (Å²) in [6.07, 6.45) is 3.87. The lowest BCUT2D eigenvalue weighted by atomic mass is 10.0. The van der Waals surface area contributed by atoms with Crippen molar-refractivity contribution < 1.29 is 4.79 Å². The summed E-state index contributed by atoms with van der Waals surface area (Å²) in [5.41, 5.74) is 0. The average molecular weight is 227 g/mol. The Hall–Kier alpha value is -0.610. The molecule has 4 nitrogen and oxygen atoms in total. The summed E-state index contributed by atoms with van der Waals surface area (Å²) in [6, 6.07) is 0.826. The highest BCUT2D eigenvalue weighted by Crippen LogP contribution is 2.13. The molecule has 0 saturated carbocycles. The van der Waals surface area contributed by atoms with Crippen LogP contribution in [0.4, 0.5) is 0 Å². The van der Waals surface area contributed by atoms with Crippen molar-refractivity contribution in [2.24, 2.45) is 0 Å². The van der Waals surface area contributed by atoms with Crippen LogP contribution >= 0.6 is 0 Å². The Morgan fingerprint density at radius 3 is 2.81 bits per heavy atom. The number of likely N-dealkylation sites (tertiary alicyclic amines) is 1. The van der Waals surface area contributed by atoms with E-state index in [0.717, 1.165) is 6.54 Å². The van der Waals surface area contributed by atoms with Gasteiger partial charge in [0.2, 0.25) is 5.91 Å². The van der Waals surface area contributed by atoms with Crippen molar-refractivity contribution in [1.82, 2.24) is 15.5 Å². The van der Waals surface area contributed by atoms with Crippen LogP contribution < -0.4 is 10.6 Å². The van der Waals surface area contributed by atoms with Gasteiger partial charge in [-0.25, -0.2) is 0 Å². The Bertz CT molecular complexity index is 218. The molecule has 16 heavy (non-hydrogen) atoms. The molecule has 0 aromatic heterocycles. The summed E-state index contributed by atoms with van der Waals surface area (Å²) < 4.78 is 0. The van der Waals surface area contributed by atoms with Gasteiger partial charge in [0.1, 0.15) is 0 Å². The Morgan fingerprint density at radius 1 is 1.44 bits per heavy atom. The molecule has 0 bridgehead atoms. The topological polar surface area (TPSA) is 44.4 Å². The third-order valence-corrected chi connectivity index (χ3v) is 3.04. The number of nitrogens with zero attached hydrogens (tertiary/aromatic N) is 1. The van der Waals surface area contributed by atoms with Crippen LogP contribution in [0.25, 0.3) is 0 Å². The summed E-state index contributed by atoms with van der Waals surface area (Å²) in [6.45, 7) is 6.49. The van der Waals surface area contributed by atoms with Crippen LogP contribution in [-0.4, -0.2) is 49.6 Å². The second-order valence-corrected chi connectivity index (χ2v) is 4.98. The number of nitrogens with one attached hydrogen (secondary N) is 2. The largest absolute Gasteiger partial charge is 0.353 e. The van der Waals surface area contributed by atoms with Crippen molar-refractivity contribution >= 4 is 5.91 Å². The Kier molecular flexibility index (Phi) is 5.77. The van der Waals surface area contributed by atoms with E-state index < -0.39 is 0 Å². The molecule has 1 aliphatic rings. The van der Waals surface area contributed by atoms with Gasteiger partial charge in [0.05, 0.1) is 6.54 Å². The van der Waals surface area contributed by atoms with Gasteiger partial charge in [0.25, 0.3) is 0 Å². The summed E-state index contributed by atoms with van der Waals surface area (Å²) in [4.78, 5) is 13.8. The maximum atomic E-state index is 11.4. The number of hydrogen-bond acceptors (Lipinski definition) is 3. The Morgan fingerprint density at radius 2 is 2.19 bits per heavy atom. The van der Waals surface area contributed by atoms with Gasteiger partial charge >= 0.3 is 0 Å². The van der Waals surface area contributed by atoms with Crippen molar-refractivity contribution in [2.75, 3.05) is 26.7 Å². The van der Waals surface area contributed by atoms with Gasteiger partial charge in [-0.05, 0) is 40.3 Å². The molecule has 0 aromatic carbocycles. The van der Waals surface area contributed by atoms with E-state index in [2.05, 4.69) is 22.6 Å². The molecule has 1 amide bonds. The molecule has 1 rings (SSSR count). The molecule has 2 N–H and O–H groups in total. The van der Waals surface area contributed by atoms with Crippen LogP contribution in [0.2, 0.25) is 0 Å². The first kappa shape index (κ1) is 13.5. The molecule has 1 heterocycles. The molecule has 0 aliphatic carbocycles. The zero-order chi connectivity index (χ0) is 12.0. The zero-order valence-corrected chi connectivity index (χ0v) is 10.8. The van der Waals surface area contributed by atoms with E-state index in [1.165, 1.54) is 25.8 Å². The van der Waals surface area contributed by atoms with Crippen molar-refractivity contribution in [3.63, 3.8) is 0 Å². The van der Waals surface area contributed by atoms with Crippen molar-refractivity contribution in [2.45, 2.75) is 45.2 Å². The molecule has 1 atom stereocenters. The van der Waals surface area contributed by atoms with Crippen LogP contribution in [0.15, 0.2) is 0 Å². The Labute approximate surface area is 98.8 Å². The first-order chi connectivity index (χ1) is 7.59. The highest BCUT2D eigenvalue weighted by Gasteiger charge is 2.18. The SMILES string of the molecule is CC(C)NC(=O)CNCC1CCCCN1C. The molecule has 1 fully saturated rings. The number of carbonyl (C=O) groups is 1. The second kappa shape index (κ2) is 6.86. The smallest absolute Gasteiger partial charge is 0.234 e. The lowest BCUT2D eigenvalue weighted by molar-refractivity contribution is -0.120. The van der Waals surface area contributed by atoms with Gasteiger partial charge in [0.15, 0.2) is 0 Å². The number of likely N-dealkylation sites (N-methyl/N-ethyl adjacent to an activating group) is 1. The normalized spacial score (nSPS) is 22.4. The zero-order valence-electron chi connectivity index (χ0n) is 10.8. The first-order valence-electron chi connectivity index (χ1n) is 6.30. The second-order valence-electron chi connectivity index (χ2n) is 4.98. The monoisotopic (exact) mass is 227 g/mol. The quantitative estimate of drug-likeness (QED) is 0.722. The third kappa shape index (κ3) is 4.94. The highest BCUT2D eigenvalue weighted by molar-refractivity contribution is 5.78. The molecule has 4 heteroatoms. The molecule has 0 radical (unpaired) electrons. The van der Waals surface area contributed by atoms with Crippen molar-refractivity contribution in [3.05, 3.63) is 0 Å². The fourth-order valence-electron chi connectivity index (χ4n) is 2.13. The minimum Gasteiger partial charge on any atom is -0.353 e. The van der Waals surface area contributed by atoms with Gasteiger partial charge < -0.3 is 15.5 Å². The number of carbonyl (C=O) groups excluding carboxylic acids is 1. The number of hydrogen-bond donors (Lipinski definition) is 2. The fourth-order valence-corrected chi connectivity index (χ4v) is 2.13. The molecule has 94 valence electrons. The van der Waals surface area contributed by atoms with Gasteiger partial charge in [-0.15, -0.1) is 0 Å². The van der Waals surface area contributed by atoms with E-state index in [1.807, 2.05) is 13.8 Å². The summed E-state index contributed by atoms with van der Waals surface area (Å²) >= 11 is 0. The summed E-state index contributed by atoms with van der Waals surface area (Å²) in [5, 5.41) is 6.11. The molecule has 1 unspecified atom stereocenters. The van der Waals surface area contributed by atoms with Crippen LogP contribution in [0, 0.1) is 0 Å². The predicted octanol–water partition coefficient (Wildman–Crippen LogP) is 0.585. The maximum Gasteiger partial charge on any atom is 0.234 e. The van der Waals surface area contributed by atoms with E-state index in [-0.39, 0.29) is 11.9 Å². The Balaban J connectivity index is 2.12. The minimum absolute atomic E-state index is 0.0912. The lowest BCUT2D eigenvalue weighted by Gasteiger charge is -2.32. The van der Waals surface area contributed by atoms with Crippen LogP contribution in [0.3, 0.4) is 0 Å². The van der Waals surface area contributed by atoms with Crippen LogP contribution in [0.5, 0.6) is 0 Å². The van der Waals surface area contributed by atoms with Crippen molar-refractivity contribution in [1.29, 1.82) is 0 Å². The molecule has 0 aromatic rings. The standard InChI is InChI=1S/C12H25N3O/c1-10(2)14-12(16)9-13-8-11-6-4-5-7-15(11)3/h10-11,13H,4-9H2,1-3H3,(H,14,16). The minimum atomic E-state index is 0.0912. The van der Waals surface area contributed by atoms with Gasteiger partial charge in [0, 0.05) is 18.6 Å². The first-order valence-corrected chi connectivity index (χ1v) is 6.30. The number of rotatable bonds is 5. The number of piperidine rings is 1. The van der Waals surface area contributed by atoms with E-state index in [4.69, 9.17) is 0 Å². The highest BCUT2D eigenvalue weighted by atomic mass is 16.1. The van der Waals surface area contributed by atoms with Crippen LogP contribution in [-0.2, 0) is 4.79 Å². The summed E-state index contributed by atoms with van der Waals surface area (Å²) in [7, 11) is 2.17. The molecular formula is C12H25N3O. The predicted molar refractivity (Wildman–Crippen MR) is 66.4 cm³/mol. The molecular weight excluding hydrogens is 202 g/mol. The maximum absolute atomic E-state index is 11.4. The van der Waals surface area contributed by atoms with E-state index in [1.54, 1.807) is 0 Å². The molecule has 0 spiro atoms. The van der Waals surface area contributed by atoms with Crippen LogP contribution in [0.1, 0.15) is 33.1 Å². The summed E-state index contributed by atoms with van der Waals surface area (Å²) in [5.74, 6) is 0.0912. The van der Waals surface area contributed by atoms with Gasteiger partial charge in [-0.1, -0.05) is 6.42 Å². The lowest BCUT2D eigenvalue weighted by Crippen LogP contribution is -2.46. The third-order valence-electron chi connectivity index (χ3n) is 3.04. The van der Waals surface area contributed by atoms with E-state index >= 15 is 0 Å². The van der Waals surface area contributed by atoms with Gasteiger partial charge in [-0.2, -0.15) is 0 Å². The molecule has 1 saturated heterocycles. The van der Waals surface area contributed by atoms with Crippen molar-refractivity contribution in [3.8, 4) is 0 Å². The van der Waals surface area contributed by atoms with E-state index in [9.17, 15) is 4.79 Å². The van der Waals surface area contributed by atoms with E-state index in [0.29, 0.717) is 12.6 Å².